The summed E-state index contributed by atoms with van der Waals surface area (Å²) in [4.78, 5) is 16.7. The van der Waals surface area contributed by atoms with Crippen LogP contribution in [0.1, 0.15) is 41.3 Å². The Bertz CT molecular complexity index is 1090. The number of benzene rings is 1. The van der Waals surface area contributed by atoms with E-state index in [2.05, 4.69) is 37.3 Å². The summed E-state index contributed by atoms with van der Waals surface area (Å²) in [5.41, 5.74) is 5.21. The average Bonchev–Trinajstić information content (AvgIpc) is 3.19. The lowest BCUT2D eigenvalue weighted by Crippen LogP contribution is -2.09. The number of hydrogen-bond acceptors (Lipinski definition) is 5. The molecule has 0 amide bonds. The van der Waals surface area contributed by atoms with Crippen LogP contribution in [0, 0.1) is 6.92 Å². The van der Waals surface area contributed by atoms with Gasteiger partial charge in [0.25, 0.3) is 0 Å². The van der Waals surface area contributed by atoms with Gasteiger partial charge in [-0.25, -0.2) is 9.78 Å². The van der Waals surface area contributed by atoms with Gasteiger partial charge in [-0.2, -0.15) is 0 Å². The van der Waals surface area contributed by atoms with Gasteiger partial charge >= 0.3 is 5.97 Å². The van der Waals surface area contributed by atoms with Gasteiger partial charge in [0.2, 0.25) is 0 Å². The predicted octanol–water partition coefficient (Wildman–Crippen LogP) is 5.92. The van der Waals surface area contributed by atoms with Crippen molar-refractivity contribution in [1.29, 1.82) is 0 Å². The normalized spacial score (nSPS) is 15.6. The molecule has 2 aliphatic carbocycles. The highest BCUT2D eigenvalue weighted by Crippen LogP contribution is 2.34. The van der Waals surface area contributed by atoms with E-state index in [9.17, 15) is 4.79 Å². The average molecular weight is 450 g/mol. The molecule has 1 aromatic carbocycles. The Morgan fingerprint density at radius 2 is 1.84 bits per heavy atom. The molecule has 0 fully saturated rings. The molecular weight excluding hydrogens is 422 g/mol. The van der Waals surface area contributed by atoms with E-state index in [1.165, 1.54) is 21.6 Å². The third-order valence-electron chi connectivity index (χ3n) is 5.47. The lowest BCUT2D eigenvalue weighted by atomic mass is 9.89. The van der Waals surface area contributed by atoms with E-state index >= 15 is 0 Å². The summed E-state index contributed by atoms with van der Waals surface area (Å²) in [7, 11) is 0. The minimum Gasteiger partial charge on any atom is -0.493 e. The molecule has 0 bridgehead atoms. The molecule has 0 spiro atoms. The molecule has 166 valence electrons. The Kier molecular flexibility index (Phi) is 7.22. The van der Waals surface area contributed by atoms with E-state index in [-0.39, 0.29) is 6.61 Å². The molecule has 6 heteroatoms. The zero-order chi connectivity index (χ0) is 22.3. The summed E-state index contributed by atoms with van der Waals surface area (Å²) < 4.78 is 11.0. The van der Waals surface area contributed by atoms with E-state index < -0.39 is 5.97 Å². The summed E-state index contributed by atoms with van der Waals surface area (Å²) in [5, 5.41) is 9.75. The van der Waals surface area contributed by atoms with Crippen LogP contribution in [-0.2, 0) is 11.2 Å². The van der Waals surface area contributed by atoms with Crippen molar-refractivity contribution in [2.75, 3.05) is 13.2 Å². The molecule has 0 atom stereocenters. The smallest absolute Gasteiger partial charge is 0.341 e. The SMILES string of the molecule is Cc1sc(C2=CCCC(C3=CC=CCC3)=C2)nc1CCOc1ccc(OCC(=O)O)cc1. The van der Waals surface area contributed by atoms with Gasteiger partial charge in [-0.05, 0) is 74.1 Å². The Balaban J connectivity index is 1.34. The number of aryl methyl sites for hydroxylation is 1. The Morgan fingerprint density at radius 1 is 1.09 bits per heavy atom. The van der Waals surface area contributed by atoms with E-state index in [4.69, 9.17) is 19.6 Å². The molecule has 0 saturated carbocycles. The number of aliphatic carboxylic acids is 1. The Hall–Kier alpha value is -3.12. The quantitative estimate of drug-likeness (QED) is 0.515. The van der Waals surface area contributed by atoms with Crippen LogP contribution in [0.4, 0.5) is 0 Å². The lowest BCUT2D eigenvalue weighted by molar-refractivity contribution is -0.139. The van der Waals surface area contributed by atoms with E-state index in [0.717, 1.165) is 48.6 Å². The van der Waals surface area contributed by atoms with Crippen LogP contribution in [0.3, 0.4) is 0 Å². The first-order chi connectivity index (χ1) is 15.6. The number of carboxylic acid groups (broad SMARTS) is 1. The van der Waals surface area contributed by atoms with E-state index in [1.807, 2.05) is 0 Å². The zero-order valence-corrected chi connectivity index (χ0v) is 19.0. The molecule has 4 rings (SSSR count). The van der Waals surface area contributed by atoms with Gasteiger partial charge in [0.1, 0.15) is 16.5 Å². The third-order valence-corrected chi connectivity index (χ3v) is 6.53. The standard InChI is InChI=1S/C26H27NO4S/c1-18-24(14-15-30-22-10-12-23(13-11-22)31-17-25(28)29)27-26(32-18)21-9-5-8-20(16-21)19-6-3-2-4-7-19/h2-3,6,9-13,16H,4-5,7-8,14-15,17H2,1H3,(H,28,29). The molecule has 32 heavy (non-hydrogen) atoms. The summed E-state index contributed by atoms with van der Waals surface area (Å²) in [5.74, 6) is 0.230. The summed E-state index contributed by atoms with van der Waals surface area (Å²) >= 11 is 1.75. The Morgan fingerprint density at radius 3 is 2.56 bits per heavy atom. The zero-order valence-electron chi connectivity index (χ0n) is 18.2. The highest BCUT2D eigenvalue weighted by atomic mass is 32.1. The summed E-state index contributed by atoms with van der Waals surface area (Å²) in [6, 6.07) is 6.98. The number of ether oxygens (including phenoxy) is 2. The van der Waals surface area contributed by atoms with Gasteiger partial charge in [-0.15, -0.1) is 11.3 Å². The molecule has 5 nitrogen and oxygen atoms in total. The fraction of sp³-hybridized carbons (Fsp3) is 0.308. The van der Waals surface area contributed by atoms with Crippen molar-refractivity contribution in [2.45, 2.75) is 39.0 Å². The topological polar surface area (TPSA) is 68.7 Å². The number of allylic oxidation sites excluding steroid dienone is 8. The van der Waals surface area contributed by atoms with Gasteiger partial charge in [0.15, 0.2) is 6.61 Å². The number of hydrogen-bond donors (Lipinski definition) is 1. The van der Waals surface area contributed by atoms with Crippen molar-refractivity contribution in [3.63, 3.8) is 0 Å². The maximum Gasteiger partial charge on any atom is 0.341 e. The van der Waals surface area contributed by atoms with Crippen LogP contribution in [0.2, 0.25) is 0 Å². The number of aromatic nitrogens is 1. The molecule has 0 aliphatic heterocycles. The number of carbonyl (C=O) groups is 1. The number of thiazole rings is 1. The highest BCUT2D eigenvalue weighted by Gasteiger charge is 2.16. The Labute approximate surface area is 192 Å². The van der Waals surface area contributed by atoms with Crippen molar-refractivity contribution in [3.05, 3.63) is 81.4 Å². The minimum absolute atomic E-state index is 0.354. The van der Waals surface area contributed by atoms with Crippen LogP contribution in [0.5, 0.6) is 11.5 Å². The minimum atomic E-state index is -0.998. The molecule has 0 radical (unpaired) electrons. The summed E-state index contributed by atoms with van der Waals surface area (Å²) in [6.45, 7) is 2.29. The maximum atomic E-state index is 10.6. The number of carboxylic acids is 1. The van der Waals surface area contributed by atoms with Crippen molar-refractivity contribution < 1.29 is 19.4 Å². The molecule has 0 saturated heterocycles. The van der Waals surface area contributed by atoms with Crippen molar-refractivity contribution >= 4 is 22.9 Å². The first kappa shape index (κ1) is 22.1. The highest BCUT2D eigenvalue weighted by molar-refractivity contribution is 7.12. The molecule has 1 aromatic heterocycles. The number of nitrogens with zero attached hydrogens (tertiary/aromatic N) is 1. The van der Waals surface area contributed by atoms with Gasteiger partial charge in [0.05, 0.1) is 12.3 Å². The van der Waals surface area contributed by atoms with Crippen LogP contribution in [0.25, 0.3) is 5.57 Å². The largest absolute Gasteiger partial charge is 0.493 e. The second-order valence-corrected chi connectivity index (χ2v) is 9.00. The number of rotatable bonds is 9. The van der Waals surface area contributed by atoms with Crippen molar-refractivity contribution in [1.82, 2.24) is 4.98 Å². The van der Waals surface area contributed by atoms with Gasteiger partial charge in [-0.1, -0.05) is 24.3 Å². The van der Waals surface area contributed by atoms with E-state index in [1.54, 1.807) is 35.6 Å². The molecule has 1 N–H and O–H groups in total. The maximum absolute atomic E-state index is 10.6. The molecule has 2 aliphatic rings. The van der Waals surface area contributed by atoms with Crippen LogP contribution >= 0.6 is 11.3 Å². The van der Waals surface area contributed by atoms with E-state index in [0.29, 0.717) is 12.4 Å². The first-order valence-electron chi connectivity index (χ1n) is 10.9. The van der Waals surface area contributed by atoms with Gasteiger partial charge < -0.3 is 14.6 Å². The molecule has 1 heterocycles. The molecular formula is C26H27NO4S. The molecule has 2 aromatic rings. The first-order valence-corrected chi connectivity index (χ1v) is 11.7. The predicted molar refractivity (Wildman–Crippen MR) is 127 cm³/mol. The fourth-order valence-corrected chi connectivity index (χ4v) is 4.77. The lowest BCUT2D eigenvalue weighted by Gasteiger charge is -2.17. The fourth-order valence-electron chi connectivity index (χ4n) is 3.80. The molecule has 0 unspecified atom stereocenters. The monoisotopic (exact) mass is 449 g/mol. The third kappa shape index (κ3) is 5.77. The van der Waals surface area contributed by atoms with Gasteiger partial charge in [-0.3, -0.25) is 0 Å². The van der Waals surface area contributed by atoms with Crippen LogP contribution < -0.4 is 9.47 Å². The van der Waals surface area contributed by atoms with Crippen LogP contribution in [0.15, 0.2) is 65.8 Å². The second-order valence-electron chi connectivity index (χ2n) is 7.80. The van der Waals surface area contributed by atoms with Crippen molar-refractivity contribution in [3.8, 4) is 11.5 Å². The summed E-state index contributed by atoms with van der Waals surface area (Å²) in [6.07, 6.45) is 16.4. The van der Waals surface area contributed by atoms with Crippen LogP contribution in [-0.4, -0.2) is 29.3 Å². The van der Waals surface area contributed by atoms with Crippen molar-refractivity contribution in [2.24, 2.45) is 0 Å². The second kappa shape index (κ2) is 10.5. The van der Waals surface area contributed by atoms with Gasteiger partial charge in [0, 0.05) is 16.9 Å².